The van der Waals surface area contributed by atoms with Crippen LogP contribution in [0.3, 0.4) is 0 Å². The first-order chi connectivity index (χ1) is 8.74. The Labute approximate surface area is 116 Å². The number of ether oxygens (including phenoxy) is 2. The fraction of sp³-hybridized carbons (Fsp3) is 0.500. The van der Waals surface area contributed by atoms with Gasteiger partial charge in [-0.15, -0.1) is 0 Å². The van der Waals surface area contributed by atoms with Crippen molar-refractivity contribution in [2.75, 3.05) is 13.2 Å². The molecular formula is C14H17BrO3. The van der Waals surface area contributed by atoms with E-state index >= 15 is 0 Å². The summed E-state index contributed by atoms with van der Waals surface area (Å²) in [6.07, 6.45) is 3.22. The molecule has 1 aliphatic rings. The van der Waals surface area contributed by atoms with E-state index in [1.165, 1.54) is 0 Å². The molecule has 98 valence electrons. The SMILES string of the molecule is O=C(CCOc1ccc(Br)cc1)CC1CCCO1. The number of ketones is 1. The molecule has 4 heteroatoms. The molecule has 0 aromatic heterocycles. The maximum Gasteiger partial charge on any atom is 0.138 e. The molecule has 1 aromatic carbocycles. The van der Waals surface area contributed by atoms with Crippen LogP contribution in [-0.4, -0.2) is 25.1 Å². The van der Waals surface area contributed by atoms with E-state index in [1.54, 1.807) is 0 Å². The highest BCUT2D eigenvalue weighted by atomic mass is 79.9. The fourth-order valence-corrected chi connectivity index (χ4v) is 2.24. The molecule has 0 bridgehead atoms. The number of carbonyl (C=O) groups is 1. The summed E-state index contributed by atoms with van der Waals surface area (Å²) in [6, 6.07) is 7.61. The second-order valence-corrected chi connectivity index (χ2v) is 5.35. The molecule has 1 aliphatic heterocycles. The molecule has 1 aromatic rings. The molecule has 0 N–H and O–H groups in total. The molecule has 0 radical (unpaired) electrons. The highest BCUT2D eigenvalue weighted by molar-refractivity contribution is 9.10. The van der Waals surface area contributed by atoms with Gasteiger partial charge < -0.3 is 9.47 Å². The zero-order valence-corrected chi connectivity index (χ0v) is 11.8. The van der Waals surface area contributed by atoms with Crippen LogP contribution in [0, 0.1) is 0 Å². The number of hydrogen-bond donors (Lipinski definition) is 0. The highest BCUT2D eigenvalue weighted by Gasteiger charge is 2.18. The second-order valence-electron chi connectivity index (χ2n) is 4.43. The summed E-state index contributed by atoms with van der Waals surface area (Å²) in [7, 11) is 0. The standard InChI is InChI=1S/C14H17BrO3/c15-11-3-5-13(6-4-11)18-9-7-12(16)10-14-2-1-8-17-14/h3-6,14H,1-2,7-10H2. The van der Waals surface area contributed by atoms with Crippen LogP contribution in [0.4, 0.5) is 0 Å². The Morgan fingerprint density at radius 3 is 2.83 bits per heavy atom. The molecule has 0 amide bonds. The van der Waals surface area contributed by atoms with Gasteiger partial charge in [-0.05, 0) is 37.1 Å². The lowest BCUT2D eigenvalue weighted by Gasteiger charge is -2.09. The maximum absolute atomic E-state index is 11.7. The van der Waals surface area contributed by atoms with Crippen LogP contribution >= 0.6 is 15.9 Å². The zero-order chi connectivity index (χ0) is 12.8. The van der Waals surface area contributed by atoms with E-state index in [-0.39, 0.29) is 11.9 Å². The van der Waals surface area contributed by atoms with E-state index in [1.807, 2.05) is 24.3 Å². The minimum atomic E-state index is 0.144. The Kier molecular flexibility index (Phi) is 5.20. The number of carbonyl (C=O) groups excluding carboxylic acids is 1. The predicted octanol–water partition coefficient (Wildman–Crippen LogP) is 3.36. The largest absolute Gasteiger partial charge is 0.493 e. The van der Waals surface area contributed by atoms with E-state index < -0.39 is 0 Å². The molecule has 18 heavy (non-hydrogen) atoms. The number of Topliss-reactive ketones (excluding diaryl/α,β-unsaturated/α-hetero) is 1. The monoisotopic (exact) mass is 312 g/mol. The van der Waals surface area contributed by atoms with Crippen molar-refractivity contribution in [1.82, 2.24) is 0 Å². The lowest BCUT2D eigenvalue weighted by atomic mass is 10.1. The van der Waals surface area contributed by atoms with Crippen LogP contribution in [0.1, 0.15) is 25.7 Å². The van der Waals surface area contributed by atoms with Gasteiger partial charge in [0.1, 0.15) is 11.5 Å². The average molecular weight is 313 g/mol. The van der Waals surface area contributed by atoms with Gasteiger partial charge in [0.2, 0.25) is 0 Å². The van der Waals surface area contributed by atoms with Crippen molar-refractivity contribution in [3.8, 4) is 5.75 Å². The van der Waals surface area contributed by atoms with Crippen LogP contribution < -0.4 is 4.74 Å². The minimum absolute atomic E-state index is 0.144. The van der Waals surface area contributed by atoms with Crippen LogP contribution in [-0.2, 0) is 9.53 Å². The van der Waals surface area contributed by atoms with Crippen molar-refractivity contribution in [2.24, 2.45) is 0 Å². The smallest absolute Gasteiger partial charge is 0.138 e. The maximum atomic E-state index is 11.7. The van der Waals surface area contributed by atoms with Crippen molar-refractivity contribution in [2.45, 2.75) is 31.8 Å². The summed E-state index contributed by atoms with van der Waals surface area (Å²) < 4.78 is 12.0. The van der Waals surface area contributed by atoms with Crippen molar-refractivity contribution in [3.63, 3.8) is 0 Å². The lowest BCUT2D eigenvalue weighted by Crippen LogP contribution is -2.14. The van der Waals surface area contributed by atoms with Crippen molar-refractivity contribution in [3.05, 3.63) is 28.7 Å². The average Bonchev–Trinajstić information content (AvgIpc) is 2.84. The van der Waals surface area contributed by atoms with Crippen molar-refractivity contribution < 1.29 is 14.3 Å². The molecule has 1 heterocycles. The summed E-state index contributed by atoms with van der Waals surface area (Å²) in [5.41, 5.74) is 0. The van der Waals surface area contributed by atoms with Crippen LogP contribution in [0.25, 0.3) is 0 Å². The first kappa shape index (κ1) is 13.6. The van der Waals surface area contributed by atoms with E-state index in [9.17, 15) is 4.79 Å². The molecule has 0 saturated carbocycles. The Hall–Kier alpha value is -0.870. The molecule has 1 saturated heterocycles. The van der Waals surface area contributed by atoms with Gasteiger partial charge in [-0.2, -0.15) is 0 Å². The highest BCUT2D eigenvalue weighted by Crippen LogP contribution is 2.18. The van der Waals surface area contributed by atoms with Crippen molar-refractivity contribution in [1.29, 1.82) is 0 Å². The van der Waals surface area contributed by atoms with Gasteiger partial charge in [-0.25, -0.2) is 0 Å². The Balaban J connectivity index is 1.65. The van der Waals surface area contributed by atoms with Gasteiger partial charge in [-0.3, -0.25) is 4.79 Å². The van der Waals surface area contributed by atoms with Crippen LogP contribution in [0.2, 0.25) is 0 Å². The molecular weight excluding hydrogens is 296 g/mol. The lowest BCUT2D eigenvalue weighted by molar-refractivity contribution is -0.121. The number of rotatable bonds is 6. The van der Waals surface area contributed by atoms with Gasteiger partial charge in [0.25, 0.3) is 0 Å². The molecule has 0 spiro atoms. The first-order valence-corrected chi connectivity index (χ1v) is 7.05. The minimum Gasteiger partial charge on any atom is -0.493 e. The Morgan fingerprint density at radius 2 is 2.17 bits per heavy atom. The van der Waals surface area contributed by atoms with E-state index in [4.69, 9.17) is 9.47 Å². The number of benzene rings is 1. The summed E-state index contributed by atoms with van der Waals surface area (Å²) in [4.78, 5) is 11.7. The van der Waals surface area contributed by atoms with E-state index in [0.717, 1.165) is 29.7 Å². The molecule has 1 unspecified atom stereocenters. The third-order valence-electron chi connectivity index (χ3n) is 2.94. The van der Waals surface area contributed by atoms with Crippen LogP contribution in [0.15, 0.2) is 28.7 Å². The summed E-state index contributed by atoms with van der Waals surface area (Å²) >= 11 is 3.36. The quantitative estimate of drug-likeness (QED) is 0.808. The third-order valence-corrected chi connectivity index (χ3v) is 3.47. The third kappa shape index (κ3) is 4.42. The van der Waals surface area contributed by atoms with Gasteiger partial charge in [0.15, 0.2) is 0 Å². The van der Waals surface area contributed by atoms with Gasteiger partial charge >= 0.3 is 0 Å². The summed E-state index contributed by atoms with van der Waals surface area (Å²) in [5, 5.41) is 0. The normalized spacial score (nSPS) is 18.8. The molecule has 0 aliphatic carbocycles. The Bertz CT molecular complexity index is 383. The fourth-order valence-electron chi connectivity index (χ4n) is 1.97. The second kappa shape index (κ2) is 6.90. The molecule has 3 nitrogen and oxygen atoms in total. The van der Waals surface area contributed by atoms with Crippen molar-refractivity contribution >= 4 is 21.7 Å². The predicted molar refractivity (Wildman–Crippen MR) is 72.9 cm³/mol. The van der Waals surface area contributed by atoms with E-state index in [2.05, 4.69) is 15.9 Å². The molecule has 1 fully saturated rings. The molecule has 1 atom stereocenters. The summed E-state index contributed by atoms with van der Waals surface area (Å²) in [6.45, 7) is 1.24. The van der Waals surface area contributed by atoms with Crippen LogP contribution in [0.5, 0.6) is 5.75 Å². The van der Waals surface area contributed by atoms with E-state index in [0.29, 0.717) is 19.4 Å². The van der Waals surface area contributed by atoms with Gasteiger partial charge in [0, 0.05) is 23.9 Å². The Morgan fingerprint density at radius 1 is 1.39 bits per heavy atom. The van der Waals surface area contributed by atoms with Gasteiger partial charge in [-0.1, -0.05) is 15.9 Å². The number of halogens is 1. The number of hydrogen-bond acceptors (Lipinski definition) is 3. The topological polar surface area (TPSA) is 35.5 Å². The van der Waals surface area contributed by atoms with Gasteiger partial charge in [0.05, 0.1) is 12.7 Å². The summed E-state index contributed by atoms with van der Waals surface area (Å²) in [5.74, 6) is 1.02. The molecule has 2 rings (SSSR count). The first-order valence-electron chi connectivity index (χ1n) is 6.26. The zero-order valence-electron chi connectivity index (χ0n) is 10.2.